The lowest BCUT2D eigenvalue weighted by Gasteiger charge is -2.18. The molecule has 0 unspecified atom stereocenters. The largest absolute Gasteiger partial charge is 0.343 e. The van der Waals surface area contributed by atoms with Crippen molar-refractivity contribution >= 4 is 46.1 Å². The lowest BCUT2D eigenvalue weighted by molar-refractivity contribution is -0.384. The van der Waals surface area contributed by atoms with E-state index in [1.165, 1.54) is 21.7 Å². The Bertz CT molecular complexity index is 1610. The van der Waals surface area contributed by atoms with E-state index in [9.17, 15) is 24.5 Å². The number of carbonyl (C=O) groups excluding carboxylic acids is 3. The summed E-state index contributed by atoms with van der Waals surface area (Å²) in [6.07, 6.45) is 3.34. The zero-order valence-corrected chi connectivity index (χ0v) is 22.2. The molecule has 206 valence electrons. The number of carbonyl (C=O) groups is 3. The highest BCUT2D eigenvalue weighted by atomic mass is 16.6. The van der Waals surface area contributed by atoms with Crippen LogP contribution in [0.4, 0.5) is 17.3 Å². The molecule has 5 rings (SSSR count). The third-order valence-corrected chi connectivity index (χ3v) is 7.08. The Balaban J connectivity index is 1.44. The number of hydrogen-bond acceptors (Lipinski definition) is 6. The monoisotopic (exact) mass is 543 g/mol. The third-order valence-electron chi connectivity index (χ3n) is 7.08. The van der Waals surface area contributed by atoms with Crippen molar-refractivity contribution < 1.29 is 19.3 Å². The molecule has 0 saturated carbocycles. The average molecular weight is 544 g/mol. The number of likely N-dealkylation sites (tertiary alicyclic amines) is 1. The lowest BCUT2D eigenvalue weighted by Crippen LogP contribution is -2.26. The molecule has 1 N–H and O–H groups in total. The van der Waals surface area contributed by atoms with Gasteiger partial charge in [-0.15, -0.1) is 0 Å². The molecule has 0 aliphatic carbocycles. The van der Waals surface area contributed by atoms with Gasteiger partial charge in [0.1, 0.15) is 5.69 Å². The first-order chi connectivity index (χ1) is 19.2. The van der Waals surface area contributed by atoms with Crippen LogP contribution >= 0.6 is 0 Å². The van der Waals surface area contributed by atoms with Crippen molar-refractivity contribution in [3.05, 3.63) is 82.2 Å². The zero-order valence-electron chi connectivity index (χ0n) is 22.2. The summed E-state index contributed by atoms with van der Waals surface area (Å²) >= 11 is 0. The van der Waals surface area contributed by atoms with Crippen molar-refractivity contribution in [1.29, 1.82) is 0 Å². The van der Waals surface area contributed by atoms with Crippen LogP contribution < -0.4 is 10.2 Å². The summed E-state index contributed by atoms with van der Waals surface area (Å²) in [6, 6.07) is 15.6. The number of hydrogen-bond donors (Lipinski definition) is 1. The molecule has 3 heterocycles. The van der Waals surface area contributed by atoms with E-state index in [-0.39, 0.29) is 29.1 Å². The van der Waals surface area contributed by atoms with Gasteiger partial charge < -0.3 is 18.9 Å². The van der Waals surface area contributed by atoms with Crippen molar-refractivity contribution in [3.8, 4) is 0 Å². The molecular weight excluding hydrogens is 514 g/mol. The van der Waals surface area contributed by atoms with E-state index in [1.54, 1.807) is 44.4 Å². The molecular formula is C28H29N7O5. The minimum atomic E-state index is -0.555. The van der Waals surface area contributed by atoms with Gasteiger partial charge >= 0.3 is 0 Å². The minimum absolute atomic E-state index is 0.113. The summed E-state index contributed by atoms with van der Waals surface area (Å²) in [6.45, 7) is 1.80. The topological polar surface area (TPSA) is 136 Å². The molecule has 1 fully saturated rings. The van der Waals surface area contributed by atoms with E-state index in [0.29, 0.717) is 42.7 Å². The number of nitro groups is 1. The van der Waals surface area contributed by atoms with Crippen LogP contribution in [0.15, 0.2) is 60.8 Å². The van der Waals surface area contributed by atoms with Crippen LogP contribution in [0, 0.1) is 10.1 Å². The fraction of sp³-hybridized carbons (Fsp3) is 0.286. The van der Waals surface area contributed by atoms with Crippen LogP contribution in [0.25, 0.3) is 11.0 Å². The zero-order chi connectivity index (χ0) is 28.4. The fourth-order valence-electron chi connectivity index (χ4n) is 4.94. The molecule has 1 saturated heterocycles. The summed E-state index contributed by atoms with van der Waals surface area (Å²) in [5.41, 5.74) is 2.41. The van der Waals surface area contributed by atoms with Crippen LogP contribution in [-0.4, -0.2) is 61.8 Å². The molecule has 1 aliphatic heterocycles. The molecule has 12 nitrogen and oxygen atoms in total. The Morgan fingerprint density at radius 3 is 2.58 bits per heavy atom. The number of aromatic nitrogens is 3. The molecule has 40 heavy (non-hydrogen) atoms. The summed E-state index contributed by atoms with van der Waals surface area (Å²) in [4.78, 5) is 56.8. The van der Waals surface area contributed by atoms with Gasteiger partial charge in [0.25, 0.3) is 17.5 Å². The smallest absolute Gasteiger partial charge is 0.287 e. The predicted molar refractivity (Wildman–Crippen MR) is 149 cm³/mol. The first-order valence-electron chi connectivity index (χ1n) is 13.0. The highest BCUT2D eigenvalue weighted by molar-refractivity contribution is 6.07. The molecule has 3 amide bonds. The molecule has 0 spiro atoms. The van der Waals surface area contributed by atoms with Crippen LogP contribution in [0.2, 0.25) is 0 Å². The number of rotatable bonds is 9. The van der Waals surface area contributed by atoms with Gasteiger partial charge in [-0.05, 0) is 43.2 Å². The van der Waals surface area contributed by atoms with Crippen molar-refractivity contribution in [3.63, 3.8) is 0 Å². The standard InChI is InChI=1S/C28H29N7O5/c1-31-18-21(35(39)40)17-24(31)26(37)30-28-29-22-16-20(32(2)27(38)19-8-4-3-5-9-19)11-12-23(22)34(28)15-7-14-33-13-6-10-25(33)36/h3-5,8-9,11-12,16-18H,6-7,10,13-15H2,1-2H3,(H,29,30,37). The Morgan fingerprint density at radius 1 is 1.12 bits per heavy atom. The Morgan fingerprint density at radius 2 is 1.90 bits per heavy atom. The van der Waals surface area contributed by atoms with Gasteiger partial charge in [0, 0.05) is 57.5 Å². The number of nitrogens with one attached hydrogen (secondary N) is 1. The molecule has 2 aromatic carbocycles. The number of benzene rings is 2. The van der Waals surface area contributed by atoms with E-state index >= 15 is 0 Å². The second-order valence-electron chi connectivity index (χ2n) is 9.73. The maximum atomic E-state index is 13.1. The number of imidazole rings is 1. The van der Waals surface area contributed by atoms with E-state index in [0.717, 1.165) is 18.5 Å². The molecule has 4 aromatic rings. The number of anilines is 2. The second-order valence-corrected chi connectivity index (χ2v) is 9.73. The normalized spacial score (nSPS) is 13.2. The van der Waals surface area contributed by atoms with E-state index in [4.69, 9.17) is 0 Å². The van der Waals surface area contributed by atoms with Crippen LogP contribution in [0.3, 0.4) is 0 Å². The number of aryl methyl sites for hydroxylation is 2. The fourth-order valence-corrected chi connectivity index (χ4v) is 4.94. The van der Waals surface area contributed by atoms with Crippen molar-refractivity contribution in [2.75, 3.05) is 30.4 Å². The van der Waals surface area contributed by atoms with Gasteiger partial charge in [0.2, 0.25) is 11.9 Å². The summed E-state index contributed by atoms with van der Waals surface area (Å²) in [5.74, 6) is -0.303. The molecule has 0 bridgehead atoms. The van der Waals surface area contributed by atoms with Gasteiger partial charge in [-0.3, -0.25) is 29.8 Å². The molecule has 2 aromatic heterocycles. The van der Waals surface area contributed by atoms with Gasteiger partial charge in [-0.25, -0.2) is 4.98 Å². The first-order valence-corrected chi connectivity index (χ1v) is 13.0. The van der Waals surface area contributed by atoms with Gasteiger partial charge in [0.15, 0.2) is 0 Å². The number of nitrogens with zero attached hydrogens (tertiary/aromatic N) is 6. The highest BCUT2D eigenvalue weighted by Gasteiger charge is 2.23. The van der Waals surface area contributed by atoms with Gasteiger partial charge in [-0.2, -0.15) is 0 Å². The Hall–Kier alpha value is -5.00. The summed E-state index contributed by atoms with van der Waals surface area (Å²) in [5, 5.41) is 14.0. The van der Waals surface area contributed by atoms with Crippen molar-refractivity contribution in [2.45, 2.75) is 25.8 Å². The predicted octanol–water partition coefficient (Wildman–Crippen LogP) is 3.82. The number of fused-ring (bicyclic) bond motifs is 1. The molecule has 0 atom stereocenters. The maximum Gasteiger partial charge on any atom is 0.287 e. The summed E-state index contributed by atoms with van der Waals surface area (Å²) in [7, 11) is 3.25. The highest BCUT2D eigenvalue weighted by Crippen LogP contribution is 2.27. The molecule has 12 heteroatoms. The third kappa shape index (κ3) is 5.28. The van der Waals surface area contributed by atoms with E-state index in [1.807, 2.05) is 27.7 Å². The summed E-state index contributed by atoms with van der Waals surface area (Å²) < 4.78 is 3.25. The number of amides is 3. The lowest BCUT2D eigenvalue weighted by atomic mass is 10.2. The van der Waals surface area contributed by atoms with Gasteiger partial charge in [-0.1, -0.05) is 18.2 Å². The average Bonchev–Trinajstić information content (AvgIpc) is 3.64. The Labute approximate surface area is 230 Å². The van der Waals surface area contributed by atoms with Crippen molar-refractivity contribution in [1.82, 2.24) is 19.0 Å². The van der Waals surface area contributed by atoms with Crippen LogP contribution in [0.5, 0.6) is 0 Å². The minimum Gasteiger partial charge on any atom is -0.343 e. The van der Waals surface area contributed by atoms with Crippen LogP contribution in [-0.2, 0) is 18.4 Å². The van der Waals surface area contributed by atoms with Crippen molar-refractivity contribution in [2.24, 2.45) is 7.05 Å². The van der Waals surface area contributed by atoms with Crippen LogP contribution in [0.1, 0.15) is 40.1 Å². The second kappa shape index (κ2) is 11.0. The quantitative estimate of drug-likeness (QED) is 0.252. The Kier molecular flexibility index (Phi) is 7.32. The SMILES string of the molecule is CN(C(=O)c1ccccc1)c1ccc2c(c1)nc(NC(=O)c1cc([N+](=O)[O-])cn1C)n2CCCN1CCCC1=O. The van der Waals surface area contributed by atoms with E-state index < -0.39 is 10.8 Å². The first kappa shape index (κ1) is 26.6. The molecule has 0 radical (unpaired) electrons. The van der Waals surface area contributed by atoms with E-state index in [2.05, 4.69) is 10.3 Å². The molecule has 1 aliphatic rings. The maximum absolute atomic E-state index is 13.1. The van der Waals surface area contributed by atoms with Gasteiger partial charge in [0.05, 0.1) is 22.2 Å².